The number of ether oxygens (including phenoxy) is 1. The van der Waals surface area contributed by atoms with Crippen LogP contribution in [-0.4, -0.2) is 32.8 Å². The Kier molecular flexibility index (Phi) is 4.80. The summed E-state index contributed by atoms with van der Waals surface area (Å²) in [5.74, 6) is -0.661. The molecule has 0 aliphatic rings. The van der Waals surface area contributed by atoms with Gasteiger partial charge < -0.3 is 4.74 Å². The van der Waals surface area contributed by atoms with Gasteiger partial charge >= 0.3 is 5.97 Å². The molecule has 0 N–H and O–H groups in total. The minimum Gasteiger partial charge on any atom is -0.465 e. The van der Waals surface area contributed by atoms with E-state index in [1.165, 1.54) is 19.2 Å². The van der Waals surface area contributed by atoms with Gasteiger partial charge in [0.05, 0.1) is 42.0 Å². The van der Waals surface area contributed by atoms with Gasteiger partial charge in [0.2, 0.25) is 0 Å². The molecule has 0 amide bonds. The van der Waals surface area contributed by atoms with E-state index in [0.717, 1.165) is 16.5 Å². The van der Waals surface area contributed by atoms with Crippen molar-refractivity contribution in [1.82, 2.24) is 19.7 Å². The van der Waals surface area contributed by atoms with Crippen LogP contribution in [-0.2, 0) is 17.7 Å². The van der Waals surface area contributed by atoms with E-state index in [4.69, 9.17) is 4.74 Å². The number of rotatable bonds is 5. The summed E-state index contributed by atoms with van der Waals surface area (Å²) in [6, 6.07) is 11.7. The second-order valence-corrected chi connectivity index (χ2v) is 6.30. The van der Waals surface area contributed by atoms with Gasteiger partial charge in [-0.05, 0) is 42.3 Å². The first kappa shape index (κ1) is 17.8. The van der Waals surface area contributed by atoms with Crippen LogP contribution < -0.4 is 0 Å². The maximum absolute atomic E-state index is 13.3. The predicted octanol–water partition coefficient (Wildman–Crippen LogP) is 3.66. The van der Waals surface area contributed by atoms with Crippen molar-refractivity contribution < 1.29 is 13.9 Å². The Morgan fingerprint density at radius 1 is 1.11 bits per heavy atom. The summed E-state index contributed by atoms with van der Waals surface area (Å²) in [7, 11) is 1.34. The maximum Gasteiger partial charge on any atom is 0.337 e. The number of hydrogen-bond donors (Lipinski definition) is 0. The number of carbonyl (C=O) groups excluding carboxylic acids is 1. The van der Waals surface area contributed by atoms with E-state index in [1.54, 1.807) is 36.8 Å². The molecule has 140 valence electrons. The molecule has 0 saturated heterocycles. The molecule has 1 aromatic carbocycles. The lowest BCUT2D eigenvalue weighted by Crippen LogP contribution is -2.03. The van der Waals surface area contributed by atoms with E-state index in [9.17, 15) is 9.18 Å². The normalized spacial score (nSPS) is 10.9. The van der Waals surface area contributed by atoms with Crippen molar-refractivity contribution in [2.75, 3.05) is 7.11 Å². The number of halogens is 1. The van der Waals surface area contributed by atoms with Crippen molar-refractivity contribution in [3.63, 3.8) is 0 Å². The highest BCUT2D eigenvalue weighted by atomic mass is 19.1. The molecule has 28 heavy (non-hydrogen) atoms. The monoisotopic (exact) mass is 376 g/mol. The van der Waals surface area contributed by atoms with Crippen LogP contribution in [0.15, 0.2) is 61.1 Å². The Morgan fingerprint density at radius 3 is 2.79 bits per heavy atom. The van der Waals surface area contributed by atoms with Crippen LogP contribution >= 0.6 is 0 Å². The third kappa shape index (κ3) is 3.59. The Morgan fingerprint density at radius 2 is 1.96 bits per heavy atom. The fraction of sp³-hybridized carbons (Fsp3) is 0.143. The molecule has 0 aliphatic carbocycles. The number of carbonyl (C=O) groups is 1. The van der Waals surface area contributed by atoms with Crippen LogP contribution in [0.25, 0.3) is 22.3 Å². The van der Waals surface area contributed by atoms with Gasteiger partial charge in [-0.25, -0.2) is 9.18 Å². The fourth-order valence-electron chi connectivity index (χ4n) is 3.04. The van der Waals surface area contributed by atoms with Crippen molar-refractivity contribution in [3.05, 3.63) is 78.0 Å². The van der Waals surface area contributed by atoms with E-state index in [2.05, 4.69) is 15.1 Å². The number of aryl methyl sites for hydroxylation is 2. The molecule has 0 bridgehead atoms. The third-order valence-corrected chi connectivity index (χ3v) is 4.47. The topological polar surface area (TPSA) is 69.9 Å². The first-order valence-electron chi connectivity index (χ1n) is 8.75. The number of methoxy groups -OCH3 is 1. The van der Waals surface area contributed by atoms with Crippen LogP contribution in [0.3, 0.4) is 0 Å². The molecule has 0 atom stereocenters. The predicted molar refractivity (Wildman–Crippen MR) is 102 cm³/mol. The van der Waals surface area contributed by atoms with Gasteiger partial charge in [0.25, 0.3) is 0 Å². The molecular formula is C21H17FN4O2. The lowest BCUT2D eigenvalue weighted by molar-refractivity contribution is 0.0600. The van der Waals surface area contributed by atoms with Crippen molar-refractivity contribution in [2.24, 2.45) is 0 Å². The van der Waals surface area contributed by atoms with Gasteiger partial charge in [-0.3, -0.25) is 14.6 Å². The minimum atomic E-state index is -0.421. The largest absolute Gasteiger partial charge is 0.465 e. The van der Waals surface area contributed by atoms with Gasteiger partial charge in [-0.2, -0.15) is 5.10 Å². The Hall–Kier alpha value is -3.61. The number of nitrogens with zero attached hydrogens (tertiary/aromatic N) is 4. The molecule has 0 fully saturated rings. The highest BCUT2D eigenvalue weighted by molar-refractivity contribution is 5.90. The minimum absolute atomic E-state index is 0.240. The molecule has 6 nitrogen and oxygen atoms in total. The molecule has 0 radical (unpaired) electrons. The zero-order valence-electron chi connectivity index (χ0n) is 15.2. The molecule has 0 saturated carbocycles. The Balaban J connectivity index is 1.59. The number of esters is 1. The zero-order chi connectivity index (χ0) is 19.5. The van der Waals surface area contributed by atoms with E-state index in [-0.39, 0.29) is 5.82 Å². The molecular weight excluding hydrogens is 359 g/mol. The average molecular weight is 376 g/mol. The summed E-state index contributed by atoms with van der Waals surface area (Å²) in [5, 5.41) is 5.33. The van der Waals surface area contributed by atoms with Crippen molar-refractivity contribution >= 4 is 16.9 Å². The number of benzene rings is 1. The average Bonchev–Trinajstić information content (AvgIpc) is 3.14. The second-order valence-electron chi connectivity index (χ2n) is 6.30. The number of fused-ring (bicyclic) bond motifs is 1. The van der Waals surface area contributed by atoms with Crippen LogP contribution in [0.5, 0.6) is 0 Å². The summed E-state index contributed by atoms with van der Waals surface area (Å²) in [6.45, 7) is 0.615. The van der Waals surface area contributed by atoms with E-state index in [1.807, 2.05) is 16.8 Å². The maximum atomic E-state index is 13.3. The van der Waals surface area contributed by atoms with Crippen molar-refractivity contribution in [2.45, 2.75) is 13.0 Å². The number of pyridine rings is 2. The van der Waals surface area contributed by atoms with Crippen molar-refractivity contribution in [1.29, 1.82) is 0 Å². The molecule has 7 heteroatoms. The van der Waals surface area contributed by atoms with Gasteiger partial charge in [0, 0.05) is 18.1 Å². The second kappa shape index (κ2) is 7.56. The molecule has 4 rings (SSSR count). The summed E-state index contributed by atoms with van der Waals surface area (Å²) in [6.07, 6.45) is 5.71. The Bertz CT molecular complexity index is 1160. The van der Waals surface area contributed by atoms with Crippen LogP contribution in [0.2, 0.25) is 0 Å². The highest BCUT2D eigenvalue weighted by Crippen LogP contribution is 2.21. The molecule has 3 aromatic heterocycles. The summed E-state index contributed by atoms with van der Waals surface area (Å²) >= 11 is 0. The first-order valence-corrected chi connectivity index (χ1v) is 8.75. The van der Waals surface area contributed by atoms with E-state index in [0.29, 0.717) is 29.9 Å². The smallest absolute Gasteiger partial charge is 0.337 e. The summed E-state index contributed by atoms with van der Waals surface area (Å²) in [4.78, 5) is 20.5. The molecule has 3 heterocycles. The zero-order valence-corrected chi connectivity index (χ0v) is 15.2. The van der Waals surface area contributed by atoms with E-state index < -0.39 is 5.97 Å². The first-order chi connectivity index (χ1) is 13.6. The lowest BCUT2D eigenvalue weighted by Gasteiger charge is -2.06. The SMILES string of the molecule is COC(=O)c1ccnc(-c2cc3cnn(CCc4cccc(F)c4)c3cn2)c1. The highest BCUT2D eigenvalue weighted by Gasteiger charge is 2.11. The standard InChI is InChI=1S/C21H17FN4O2/c1-28-21(27)15-5-7-23-18(10-15)19-11-16-12-25-26(20(16)13-24-19)8-6-14-3-2-4-17(22)9-14/h2-5,7,9-13H,6,8H2,1H3. The van der Waals surface area contributed by atoms with Crippen LogP contribution in [0, 0.1) is 5.82 Å². The Labute approximate surface area is 160 Å². The third-order valence-electron chi connectivity index (χ3n) is 4.47. The van der Waals surface area contributed by atoms with Gasteiger partial charge in [-0.15, -0.1) is 0 Å². The van der Waals surface area contributed by atoms with Crippen molar-refractivity contribution in [3.8, 4) is 11.4 Å². The fourth-order valence-corrected chi connectivity index (χ4v) is 3.04. The number of hydrogen-bond acceptors (Lipinski definition) is 5. The van der Waals surface area contributed by atoms with Gasteiger partial charge in [0.15, 0.2) is 0 Å². The van der Waals surface area contributed by atoms with Crippen LogP contribution in [0.4, 0.5) is 4.39 Å². The van der Waals surface area contributed by atoms with Gasteiger partial charge in [-0.1, -0.05) is 12.1 Å². The quantitative estimate of drug-likeness (QED) is 0.497. The summed E-state index contributed by atoms with van der Waals surface area (Å²) < 4.78 is 19.9. The molecule has 0 aliphatic heterocycles. The van der Waals surface area contributed by atoms with Gasteiger partial charge in [0.1, 0.15) is 5.82 Å². The molecule has 0 spiro atoms. The number of aromatic nitrogens is 4. The van der Waals surface area contributed by atoms with E-state index >= 15 is 0 Å². The van der Waals surface area contributed by atoms with Crippen LogP contribution in [0.1, 0.15) is 15.9 Å². The molecule has 0 unspecified atom stereocenters. The molecule has 4 aromatic rings. The lowest BCUT2D eigenvalue weighted by atomic mass is 10.1. The summed E-state index contributed by atoms with van der Waals surface area (Å²) in [5.41, 5.74) is 3.43.